The number of nitrogens with one attached hydrogen (secondary N) is 3. The standard InChI is InChI=1S/C14H19N3O4/c1-2-15-13(20)10-5-7-11(8-6-10)17-14(21)16-9-3-4-12(18)19/h5-8H,2-4,9H2,1H3,(H,15,20)(H,18,19)(H2,16,17,21). The van der Waals surface area contributed by atoms with Crippen molar-refractivity contribution in [3.63, 3.8) is 0 Å². The molecule has 0 heterocycles. The van der Waals surface area contributed by atoms with Crippen LogP contribution < -0.4 is 16.0 Å². The van der Waals surface area contributed by atoms with Gasteiger partial charge in [-0.05, 0) is 37.6 Å². The van der Waals surface area contributed by atoms with Crippen molar-refractivity contribution in [3.05, 3.63) is 29.8 Å². The summed E-state index contributed by atoms with van der Waals surface area (Å²) in [6.45, 7) is 2.68. The molecule has 1 rings (SSSR count). The number of carbonyl (C=O) groups is 3. The zero-order valence-corrected chi connectivity index (χ0v) is 11.8. The van der Waals surface area contributed by atoms with E-state index in [1.165, 1.54) is 0 Å². The summed E-state index contributed by atoms with van der Waals surface area (Å²) in [5, 5.41) is 16.3. The first-order valence-electron chi connectivity index (χ1n) is 6.68. The van der Waals surface area contributed by atoms with E-state index in [-0.39, 0.29) is 18.9 Å². The summed E-state index contributed by atoms with van der Waals surface area (Å²) in [4.78, 5) is 33.4. The maximum Gasteiger partial charge on any atom is 0.319 e. The normalized spacial score (nSPS) is 9.76. The summed E-state index contributed by atoms with van der Waals surface area (Å²) in [5.41, 5.74) is 1.07. The number of hydrogen-bond acceptors (Lipinski definition) is 3. The summed E-state index contributed by atoms with van der Waals surface area (Å²) in [6, 6.07) is 6.07. The highest BCUT2D eigenvalue weighted by Gasteiger charge is 2.05. The SMILES string of the molecule is CCNC(=O)c1ccc(NC(=O)NCCCC(=O)O)cc1. The number of urea groups is 1. The number of benzene rings is 1. The fraction of sp³-hybridized carbons (Fsp3) is 0.357. The van der Waals surface area contributed by atoms with Gasteiger partial charge in [0.05, 0.1) is 0 Å². The van der Waals surface area contributed by atoms with E-state index in [1.54, 1.807) is 24.3 Å². The van der Waals surface area contributed by atoms with Gasteiger partial charge in [-0.1, -0.05) is 0 Å². The maximum atomic E-state index is 11.5. The van der Waals surface area contributed by atoms with Crippen LogP contribution in [0.4, 0.5) is 10.5 Å². The third-order valence-corrected chi connectivity index (χ3v) is 2.60. The Kier molecular flexibility index (Phi) is 6.73. The lowest BCUT2D eigenvalue weighted by atomic mass is 10.2. The number of rotatable bonds is 7. The molecule has 0 aliphatic rings. The number of aliphatic carboxylic acids is 1. The molecular formula is C14H19N3O4. The number of carbonyl (C=O) groups excluding carboxylic acids is 2. The quantitative estimate of drug-likeness (QED) is 0.570. The Morgan fingerprint density at radius 3 is 2.33 bits per heavy atom. The molecule has 0 saturated carbocycles. The van der Waals surface area contributed by atoms with Gasteiger partial charge >= 0.3 is 12.0 Å². The highest BCUT2D eigenvalue weighted by Crippen LogP contribution is 2.09. The average Bonchev–Trinajstić information content (AvgIpc) is 2.44. The van der Waals surface area contributed by atoms with Crippen molar-refractivity contribution < 1.29 is 19.5 Å². The molecule has 0 saturated heterocycles. The van der Waals surface area contributed by atoms with Gasteiger partial charge in [0, 0.05) is 30.8 Å². The van der Waals surface area contributed by atoms with Gasteiger partial charge in [0.15, 0.2) is 0 Å². The van der Waals surface area contributed by atoms with E-state index in [2.05, 4.69) is 16.0 Å². The highest BCUT2D eigenvalue weighted by molar-refractivity contribution is 5.95. The van der Waals surface area contributed by atoms with Crippen molar-refractivity contribution in [3.8, 4) is 0 Å². The fourth-order valence-electron chi connectivity index (χ4n) is 1.58. The molecule has 114 valence electrons. The Bertz CT molecular complexity index is 499. The van der Waals surface area contributed by atoms with E-state index in [0.717, 1.165) is 0 Å². The molecule has 0 aromatic heterocycles. The van der Waals surface area contributed by atoms with Crippen molar-refractivity contribution in [1.29, 1.82) is 0 Å². The zero-order chi connectivity index (χ0) is 15.7. The Morgan fingerprint density at radius 1 is 1.10 bits per heavy atom. The minimum absolute atomic E-state index is 0.0154. The van der Waals surface area contributed by atoms with Crippen LogP contribution >= 0.6 is 0 Å². The van der Waals surface area contributed by atoms with Gasteiger partial charge in [0.25, 0.3) is 5.91 Å². The summed E-state index contributed by atoms with van der Waals surface area (Å²) in [5.74, 6) is -1.06. The number of amides is 3. The van der Waals surface area contributed by atoms with Gasteiger partial charge in [0.1, 0.15) is 0 Å². The molecule has 1 aromatic carbocycles. The molecule has 21 heavy (non-hydrogen) atoms. The molecule has 0 unspecified atom stereocenters. The maximum absolute atomic E-state index is 11.5. The van der Waals surface area contributed by atoms with E-state index in [0.29, 0.717) is 24.2 Å². The summed E-state index contributed by atoms with van der Waals surface area (Å²) < 4.78 is 0. The molecule has 0 aliphatic carbocycles. The van der Waals surface area contributed by atoms with E-state index < -0.39 is 12.0 Å². The topological polar surface area (TPSA) is 108 Å². The van der Waals surface area contributed by atoms with E-state index in [1.807, 2.05) is 6.92 Å². The average molecular weight is 293 g/mol. The predicted octanol–water partition coefficient (Wildman–Crippen LogP) is 1.42. The van der Waals surface area contributed by atoms with E-state index in [4.69, 9.17) is 5.11 Å². The van der Waals surface area contributed by atoms with Gasteiger partial charge < -0.3 is 21.1 Å². The van der Waals surface area contributed by atoms with Crippen LogP contribution in [0.1, 0.15) is 30.1 Å². The molecule has 7 nitrogen and oxygen atoms in total. The van der Waals surface area contributed by atoms with Crippen LogP contribution in [0.25, 0.3) is 0 Å². The van der Waals surface area contributed by atoms with Crippen LogP contribution in [0.3, 0.4) is 0 Å². The third-order valence-electron chi connectivity index (χ3n) is 2.60. The number of carboxylic acids is 1. The van der Waals surface area contributed by atoms with Crippen molar-refractivity contribution in [2.75, 3.05) is 18.4 Å². The first kappa shape index (κ1) is 16.5. The highest BCUT2D eigenvalue weighted by atomic mass is 16.4. The van der Waals surface area contributed by atoms with Crippen molar-refractivity contribution in [1.82, 2.24) is 10.6 Å². The van der Waals surface area contributed by atoms with Crippen LogP contribution in [0.2, 0.25) is 0 Å². The molecule has 0 radical (unpaired) electrons. The lowest BCUT2D eigenvalue weighted by Gasteiger charge is -2.08. The van der Waals surface area contributed by atoms with E-state index in [9.17, 15) is 14.4 Å². The molecule has 0 fully saturated rings. The second-order valence-electron chi connectivity index (χ2n) is 4.31. The Balaban J connectivity index is 2.39. The second kappa shape index (κ2) is 8.57. The predicted molar refractivity (Wildman–Crippen MR) is 78.3 cm³/mol. The number of anilines is 1. The molecule has 0 atom stereocenters. The minimum atomic E-state index is -0.891. The molecule has 0 aliphatic heterocycles. The lowest BCUT2D eigenvalue weighted by Crippen LogP contribution is -2.29. The van der Waals surface area contributed by atoms with Crippen LogP contribution in [0.5, 0.6) is 0 Å². The largest absolute Gasteiger partial charge is 0.481 e. The van der Waals surface area contributed by atoms with Crippen molar-refractivity contribution in [2.24, 2.45) is 0 Å². The first-order chi connectivity index (χ1) is 10.0. The first-order valence-corrected chi connectivity index (χ1v) is 6.68. The molecular weight excluding hydrogens is 274 g/mol. The molecule has 3 amide bonds. The fourth-order valence-corrected chi connectivity index (χ4v) is 1.58. The van der Waals surface area contributed by atoms with Gasteiger partial charge in [0.2, 0.25) is 0 Å². The summed E-state index contributed by atoms with van der Waals surface area (Å²) in [6.07, 6.45) is 0.389. The molecule has 7 heteroatoms. The van der Waals surface area contributed by atoms with Crippen LogP contribution in [0.15, 0.2) is 24.3 Å². The molecule has 4 N–H and O–H groups in total. The van der Waals surface area contributed by atoms with Gasteiger partial charge in [-0.25, -0.2) is 4.79 Å². The van der Waals surface area contributed by atoms with Crippen molar-refractivity contribution in [2.45, 2.75) is 19.8 Å². The summed E-state index contributed by atoms with van der Waals surface area (Å²) >= 11 is 0. The lowest BCUT2D eigenvalue weighted by molar-refractivity contribution is -0.137. The Labute approximate surface area is 122 Å². The monoisotopic (exact) mass is 293 g/mol. The second-order valence-corrected chi connectivity index (χ2v) is 4.31. The van der Waals surface area contributed by atoms with Gasteiger partial charge in [-0.3, -0.25) is 9.59 Å². The zero-order valence-electron chi connectivity index (χ0n) is 11.8. The Morgan fingerprint density at radius 2 is 1.76 bits per heavy atom. The van der Waals surface area contributed by atoms with Crippen molar-refractivity contribution >= 4 is 23.6 Å². The molecule has 0 bridgehead atoms. The van der Waals surface area contributed by atoms with Crippen LogP contribution in [0, 0.1) is 0 Å². The number of hydrogen-bond donors (Lipinski definition) is 4. The molecule has 1 aromatic rings. The minimum Gasteiger partial charge on any atom is -0.481 e. The van der Waals surface area contributed by atoms with Crippen LogP contribution in [-0.2, 0) is 4.79 Å². The van der Waals surface area contributed by atoms with E-state index >= 15 is 0 Å². The third kappa shape index (κ3) is 6.42. The Hall–Kier alpha value is -2.57. The van der Waals surface area contributed by atoms with Crippen LogP contribution in [-0.4, -0.2) is 36.1 Å². The number of carboxylic acid groups (broad SMARTS) is 1. The van der Waals surface area contributed by atoms with Gasteiger partial charge in [-0.15, -0.1) is 0 Å². The summed E-state index contributed by atoms with van der Waals surface area (Å²) in [7, 11) is 0. The van der Waals surface area contributed by atoms with Gasteiger partial charge in [-0.2, -0.15) is 0 Å². The molecule has 0 spiro atoms. The smallest absolute Gasteiger partial charge is 0.319 e.